The number of hydrogen-bond donors (Lipinski definition) is 0. The van der Waals surface area contributed by atoms with Crippen LogP contribution in [-0.4, -0.2) is 16.4 Å². The number of anilines is 1. The van der Waals surface area contributed by atoms with Gasteiger partial charge in [-0.3, -0.25) is 20.2 Å². The second kappa shape index (κ2) is 9.32. The molecule has 0 atom stereocenters. The summed E-state index contributed by atoms with van der Waals surface area (Å²) < 4.78 is 3.10. The lowest BCUT2D eigenvalue weighted by atomic mass is 10.2. The highest BCUT2D eigenvalue weighted by Gasteiger charge is 2.27. The Hall–Kier alpha value is -3.24. The molecule has 0 radical (unpaired) electrons. The summed E-state index contributed by atoms with van der Waals surface area (Å²) >= 11 is 3.22. The topological polar surface area (TPSA) is 93.4 Å². The third kappa shape index (κ3) is 4.36. The van der Waals surface area contributed by atoms with E-state index in [0.29, 0.717) is 13.1 Å². The molecule has 1 aliphatic rings. The number of thiazole rings is 1. The fourth-order valence-corrected chi connectivity index (χ4v) is 6.20. The highest BCUT2D eigenvalue weighted by atomic mass is 32.2. The van der Waals surface area contributed by atoms with Crippen molar-refractivity contribution in [1.82, 2.24) is 0 Å². The van der Waals surface area contributed by atoms with Gasteiger partial charge in [-0.1, -0.05) is 30.0 Å². The zero-order valence-corrected chi connectivity index (χ0v) is 20.1. The van der Waals surface area contributed by atoms with E-state index in [4.69, 9.17) is 0 Å². The molecule has 0 unspecified atom stereocenters. The average molecular weight is 484 g/mol. The van der Waals surface area contributed by atoms with Gasteiger partial charge in [-0.25, -0.2) is 0 Å². The predicted molar refractivity (Wildman–Crippen MR) is 133 cm³/mol. The Kier molecular flexibility index (Phi) is 6.48. The van der Waals surface area contributed by atoms with Gasteiger partial charge in [0.25, 0.3) is 16.4 Å². The van der Waals surface area contributed by atoms with Crippen LogP contribution < -0.4 is 9.47 Å². The van der Waals surface area contributed by atoms with Crippen molar-refractivity contribution in [2.75, 3.05) is 11.4 Å². The fourth-order valence-electron chi connectivity index (χ4n) is 3.84. The molecule has 8 nitrogen and oxygen atoms in total. The molecule has 0 fully saturated rings. The van der Waals surface area contributed by atoms with Crippen molar-refractivity contribution in [1.29, 1.82) is 0 Å². The number of hydrogen-bond acceptors (Lipinski definition) is 7. The number of thioether (sulfide) groups is 1. The normalized spacial score (nSPS) is 14.8. The zero-order chi connectivity index (χ0) is 23.7. The van der Waals surface area contributed by atoms with Crippen molar-refractivity contribution in [2.24, 2.45) is 0 Å². The molecular weight excluding hydrogens is 460 g/mol. The first-order valence-corrected chi connectivity index (χ1v) is 12.3. The monoisotopic (exact) mass is 483 g/mol. The van der Waals surface area contributed by atoms with Gasteiger partial charge in [-0.15, -0.1) is 0 Å². The number of nitrogens with zero attached hydrogens (tertiary/aromatic N) is 4. The third-order valence-electron chi connectivity index (χ3n) is 5.51. The molecule has 3 aromatic rings. The van der Waals surface area contributed by atoms with Gasteiger partial charge in [-0.2, -0.15) is 4.57 Å². The molecule has 1 aliphatic heterocycles. The van der Waals surface area contributed by atoms with E-state index in [2.05, 4.69) is 28.5 Å². The first-order chi connectivity index (χ1) is 15.9. The Bertz CT molecular complexity index is 1330. The molecular formula is C23H23N4O4S2+. The van der Waals surface area contributed by atoms with Crippen LogP contribution in [0.4, 0.5) is 17.1 Å². The molecule has 10 heteroatoms. The summed E-state index contributed by atoms with van der Waals surface area (Å²) in [5.74, 6) is 0. The molecule has 4 rings (SSSR count). The fraction of sp³-hybridized carbons (Fsp3) is 0.261. The molecule has 0 N–H and O–H groups in total. The van der Waals surface area contributed by atoms with Crippen LogP contribution in [0.2, 0.25) is 0 Å². The van der Waals surface area contributed by atoms with Crippen LogP contribution in [0, 0.1) is 20.2 Å². The van der Waals surface area contributed by atoms with Crippen molar-refractivity contribution in [2.45, 2.75) is 38.6 Å². The zero-order valence-electron chi connectivity index (χ0n) is 18.5. The molecule has 170 valence electrons. The summed E-state index contributed by atoms with van der Waals surface area (Å²) in [7, 11) is 0. The van der Waals surface area contributed by atoms with Crippen molar-refractivity contribution in [3.05, 3.63) is 78.3 Å². The van der Waals surface area contributed by atoms with E-state index >= 15 is 0 Å². The predicted octanol–water partition coefficient (Wildman–Crippen LogP) is 6.29. The maximum atomic E-state index is 11.2. The minimum Gasteiger partial charge on any atom is -0.335 e. The van der Waals surface area contributed by atoms with Crippen molar-refractivity contribution >= 4 is 56.5 Å². The number of aryl methyl sites for hydroxylation is 1. The summed E-state index contributed by atoms with van der Waals surface area (Å²) in [6.45, 7) is 7.55. The molecule has 2 aromatic carbocycles. The van der Waals surface area contributed by atoms with E-state index in [9.17, 15) is 20.2 Å². The van der Waals surface area contributed by atoms with Crippen LogP contribution in [0.3, 0.4) is 0 Å². The van der Waals surface area contributed by atoms with Crippen LogP contribution in [0.15, 0.2) is 58.0 Å². The molecule has 2 heterocycles. The molecule has 0 saturated carbocycles. The maximum absolute atomic E-state index is 11.2. The number of non-ortho nitro benzene ring substituents is 2. The summed E-state index contributed by atoms with van der Waals surface area (Å²) in [6.07, 6.45) is 5.07. The van der Waals surface area contributed by atoms with Crippen LogP contribution in [0.25, 0.3) is 16.3 Å². The van der Waals surface area contributed by atoms with Crippen molar-refractivity contribution < 1.29 is 14.4 Å². The van der Waals surface area contributed by atoms with Gasteiger partial charge >= 0.3 is 0 Å². The summed E-state index contributed by atoms with van der Waals surface area (Å²) in [5.41, 5.74) is 3.00. The molecule has 0 amide bonds. The average Bonchev–Trinajstić information content (AvgIpc) is 3.33. The van der Waals surface area contributed by atoms with Gasteiger partial charge < -0.3 is 4.90 Å². The molecule has 1 aromatic heterocycles. The number of benzene rings is 2. The highest BCUT2D eigenvalue weighted by Crippen LogP contribution is 2.47. The largest absolute Gasteiger partial charge is 0.335 e. The van der Waals surface area contributed by atoms with E-state index in [1.807, 2.05) is 13.8 Å². The Morgan fingerprint density at radius 2 is 1.76 bits per heavy atom. The number of nitro groups is 2. The number of rotatable bonds is 7. The minimum atomic E-state index is -0.368. The lowest BCUT2D eigenvalue weighted by Gasteiger charge is -2.18. The van der Waals surface area contributed by atoms with Crippen LogP contribution in [0.1, 0.15) is 32.2 Å². The molecule has 0 aliphatic carbocycles. The van der Waals surface area contributed by atoms with Gasteiger partial charge in [0.15, 0.2) is 0 Å². The second-order valence-electron chi connectivity index (χ2n) is 7.40. The van der Waals surface area contributed by atoms with Crippen LogP contribution in [0.5, 0.6) is 0 Å². The standard InChI is InChI=1S/C23H23N4O4S2/c1-4-15(11-22-24(5-2)18-13-16(26(28)29)7-9-20(18)32-22)12-23-25(6-3)19-14-17(27(30)31)8-10-21(19)33-23/h7-14H,4-6H2,1-3H3/q+1. The number of allylic oxidation sites excluding steroid dienone is 2. The van der Waals surface area contributed by atoms with E-state index in [0.717, 1.165) is 42.8 Å². The van der Waals surface area contributed by atoms with Gasteiger partial charge in [-0.05, 0) is 44.1 Å². The van der Waals surface area contributed by atoms with E-state index in [-0.39, 0.29) is 21.2 Å². The Balaban J connectivity index is 1.74. The van der Waals surface area contributed by atoms with Gasteiger partial charge in [0.05, 0.1) is 26.6 Å². The van der Waals surface area contributed by atoms with E-state index in [1.165, 1.54) is 0 Å². The van der Waals surface area contributed by atoms with Crippen LogP contribution >= 0.6 is 23.1 Å². The summed E-state index contributed by atoms with van der Waals surface area (Å²) in [4.78, 5) is 24.8. The van der Waals surface area contributed by atoms with Gasteiger partial charge in [0.2, 0.25) is 5.52 Å². The van der Waals surface area contributed by atoms with Crippen LogP contribution in [-0.2, 0) is 6.54 Å². The first-order valence-electron chi connectivity index (χ1n) is 10.6. The molecule has 0 saturated heterocycles. The first kappa shape index (κ1) is 22.9. The van der Waals surface area contributed by atoms with Gasteiger partial charge in [0, 0.05) is 35.7 Å². The lowest BCUT2D eigenvalue weighted by molar-refractivity contribution is -0.665. The van der Waals surface area contributed by atoms with E-state index < -0.39 is 0 Å². The Morgan fingerprint density at radius 1 is 1.06 bits per heavy atom. The molecule has 0 bridgehead atoms. The number of fused-ring (bicyclic) bond motifs is 2. The SMILES string of the molecule is CCC(=C\c1sc2ccc([N+](=O)[O-])cc2[n+]1CC)/C=C1/Sc2ccc([N+](=O)[O-])cc2N1CC. The third-order valence-corrected chi connectivity index (χ3v) is 7.73. The van der Waals surface area contributed by atoms with Crippen molar-refractivity contribution in [3.63, 3.8) is 0 Å². The van der Waals surface area contributed by atoms with Gasteiger partial charge in [0.1, 0.15) is 11.2 Å². The summed E-state index contributed by atoms with van der Waals surface area (Å²) in [6, 6.07) is 9.96. The molecule has 0 spiro atoms. The Labute approximate surface area is 199 Å². The Morgan fingerprint density at radius 3 is 2.39 bits per heavy atom. The van der Waals surface area contributed by atoms with E-state index in [1.54, 1.807) is 59.5 Å². The number of nitro benzene ring substituents is 2. The highest BCUT2D eigenvalue weighted by molar-refractivity contribution is 8.03. The smallest absolute Gasteiger partial charge is 0.276 e. The summed E-state index contributed by atoms with van der Waals surface area (Å²) in [5, 5.41) is 24.5. The molecule has 33 heavy (non-hydrogen) atoms. The maximum Gasteiger partial charge on any atom is 0.276 e. The minimum absolute atomic E-state index is 0.0867. The lowest BCUT2D eigenvalue weighted by Crippen LogP contribution is -2.33. The second-order valence-corrected chi connectivity index (χ2v) is 9.53. The number of aromatic nitrogens is 1. The quantitative estimate of drug-likeness (QED) is 0.223. The van der Waals surface area contributed by atoms with Crippen molar-refractivity contribution in [3.8, 4) is 0 Å².